The van der Waals surface area contributed by atoms with Crippen LogP contribution in [0.15, 0.2) is 18.2 Å². The molecule has 1 aromatic rings. The van der Waals surface area contributed by atoms with Crippen molar-refractivity contribution in [3.05, 3.63) is 28.2 Å². The highest BCUT2D eigenvalue weighted by molar-refractivity contribution is 7.80. The summed E-state index contributed by atoms with van der Waals surface area (Å²) in [5.41, 5.74) is 0.885. The second-order valence-electron chi connectivity index (χ2n) is 5.46. The van der Waals surface area contributed by atoms with Gasteiger partial charge in [0.25, 0.3) is 0 Å². The van der Waals surface area contributed by atoms with Gasteiger partial charge in [-0.1, -0.05) is 62.7 Å². The molecule has 0 bridgehead atoms. The van der Waals surface area contributed by atoms with Crippen molar-refractivity contribution in [1.82, 2.24) is 4.90 Å². The van der Waals surface area contributed by atoms with E-state index in [4.69, 9.17) is 35.4 Å². The number of rotatable bonds is 9. The van der Waals surface area contributed by atoms with Crippen LogP contribution in [0.4, 0.5) is 5.69 Å². The Morgan fingerprint density at radius 3 is 2.09 bits per heavy atom. The summed E-state index contributed by atoms with van der Waals surface area (Å²) in [4.78, 5) is 2.27. The average molecular weight is 361 g/mol. The summed E-state index contributed by atoms with van der Waals surface area (Å²) in [7, 11) is 0. The molecule has 0 spiro atoms. The number of unbranched alkanes of at least 4 members (excludes halogenated alkanes) is 4. The molecule has 0 fully saturated rings. The number of benzene rings is 1. The van der Waals surface area contributed by atoms with E-state index < -0.39 is 0 Å². The summed E-state index contributed by atoms with van der Waals surface area (Å²) in [5.74, 6) is 0. The average Bonchev–Trinajstić information content (AvgIpc) is 2.49. The van der Waals surface area contributed by atoms with E-state index in [-0.39, 0.29) is 0 Å². The fourth-order valence-corrected chi connectivity index (χ4v) is 2.80. The molecule has 0 unspecified atom stereocenters. The fraction of sp³-hybridized carbons (Fsp3) is 0.588. The molecule has 2 nitrogen and oxygen atoms in total. The Hall–Kier alpha value is -0.510. The van der Waals surface area contributed by atoms with Gasteiger partial charge in [0.2, 0.25) is 0 Å². The first kappa shape index (κ1) is 19.5. The molecule has 1 rings (SSSR count). The zero-order valence-electron chi connectivity index (χ0n) is 13.5. The lowest BCUT2D eigenvalue weighted by Crippen LogP contribution is -2.36. The molecule has 0 amide bonds. The van der Waals surface area contributed by atoms with Gasteiger partial charge >= 0.3 is 0 Å². The Morgan fingerprint density at radius 2 is 1.59 bits per heavy atom. The normalized spacial score (nSPS) is 10.5. The minimum Gasteiger partial charge on any atom is -0.349 e. The Morgan fingerprint density at radius 1 is 1.00 bits per heavy atom. The third kappa shape index (κ3) is 7.17. The zero-order valence-corrected chi connectivity index (χ0v) is 15.8. The van der Waals surface area contributed by atoms with Crippen molar-refractivity contribution >= 4 is 46.2 Å². The van der Waals surface area contributed by atoms with Gasteiger partial charge in [0.1, 0.15) is 0 Å². The van der Waals surface area contributed by atoms with Gasteiger partial charge in [-0.15, -0.1) is 0 Å². The molecule has 0 atom stereocenters. The standard InChI is InChI=1S/C17H26Cl2N2S/c1-3-5-7-11-21(12-8-6-4-2)17(22)20-14-9-10-15(18)16(19)13-14/h9-10,13H,3-8,11-12H2,1-2H3,(H,20,22). The molecular formula is C17H26Cl2N2S. The molecule has 124 valence electrons. The second-order valence-corrected chi connectivity index (χ2v) is 6.66. The number of halogens is 2. The van der Waals surface area contributed by atoms with Crippen molar-refractivity contribution in [2.75, 3.05) is 18.4 Å². The quantitative estimate of drug-likeness (QED) is 0.406. The molecule has 0 heterocycles. The molecule has 5 heteroatoms. The smallest absolute Gasteiger partial charge is 0.173 e. The summed E-state index contributed by atoms with van der Waals surface area (Å²) in [6, 6.07) is 5.50. The summed E-state index contributed by atoms with van der Waals surface area (Å²) in [5, 5.41) is 5.14. The molecule has 1 N–H and O–H groups in total. The molecule has 0 saturated heterocycles. The van der Waals surface area contributed by atoms with Gasteiger partial charge in [0.15, 0.2) is 5.11 Å². The number of anilines is 1. The number of nitrogens with one attached hydrogen (secondary N) is 1. The Bertz CT molecular complexity index is 456. The fourth-order valence-electron chi connectivity index (χ4n) is 2.20. The second kappa shape index (κ2) is 11.1. The van der Waals surface area contributed by atoms with Crippen molar-refractivity contribution in [2.45, 2.75) is 52.4 Å². The van der Waals surface area contributed by atoms with Crippen molar-refractivity contribution < 1.29 is 0 Å². The van der Waals surface area contributed by atoms with Crippen LogP contribution in [0.1, 0.15) is 52.4 Å². The van der Waals surface area contributed by atoms with Crippen LogP contribution in [0, 0.1) is 0 Å². The van der Waals surface area contributed by atoms with Gasteiger partial charge in [0.05, 0.1) is 10.0 Å². The molecule has 0 saturated carbocycles. The first-order valence-electron chi connectivity index (χ1n) is 8.09. The summed E-state index contributed by atoms with van der Waals surface area (Å²) < 4.78 is 0. The highest BCUT2D eigenvalue weighted by Gasteiger charge is 2.10. The summed E-state index contributed by atoms with van der Waals surface area (Å²) in [6.07, 6.45) is 7.25. The predicted octanol–water partition coefficient (Wildman–Crippen LogP) is 6.37. The van der Waals surface area contributed by atoms with Crippen LogP contribution in [-0.4, -0.2) is 23.1 Å². The summed E-state index contributed by atoms with van der Waals surface area (Å²) in [6.45, 7) is 6.44. The van der Waals surface area contributed by atoms with Crippen LogP contribution in [0.5, 0.6) is 0 Å². The van der Waals surface area contributed by atoms with Crippen LogP contribution in [0.25, 0.3) is 0 Å². The highest BCUT2D eigenvalue weighted by Crippen LogP contribution is 2.25. The van der Waals surface area contributed by atoms with E-state index in [0.29, 0.717) is 10.0 Å². The lowest BCUT2D eigenvalue weighted by molar-refractivity contribution is 0.395. The third-order valence-electron chi connectivity index (χ3n) is 3.52. The molecule has 22 heavy (non-hydrogen) atoms. The lowest BCUT2D eigenvalue weighted by Gasteiger charge is -2.26. The largest absolute Gasteiger partial charge is 0.349 e. The minimum absolute atomic E-state index is 0.540. The number of nitrogens with zero attached hydrogens (tertiary/aromatic N) is 1. The van der Waals surface area contributed by atoms with E-state index in [1.54, 1.807) is 6.07 Å². The van der Waals surface area contributed by atoms with E-state index in [0.717, 1.165) is 23.9 Å². The Kier molecular flexibility index (Phi) is 9.85. The van der Waals surface area contributed by atoms with E-state index >= 15 is 0 Å². The predicted molar refractivity (Wildman–Crippen MR) is 103 cm³/mol. The van der Waals surface area contributed by atoms with Crippen molar-refractivity contribution in [3.63, 3.8) is 0 Å². The highest BCUT2D eigenvalue weighted by atomic mass is 35.5. The van der Waals surface area contributed by atoms with Gasteiger partial charge in [0, 0.05) is 18.8 Å². The molecule has 0 radical (unpaired) electrons. The van der Waals surface area contributed by atoms with Gasteiger partial charge in [-0.25, -0.2) is 0 Å². The Labute approximate surface area is 150 Å². The van der Waals surface area contributed by atoms with E-state index in [2.05, 4.69) is 24.1 Å². The van der Waals surface area contributed by atoms with Crippen LogP contribution in [0.3, 0.4) is 0 Å². The van der Waals surface area contributed by atoms with E-state index in [9.17, 15) is 0 Å². The molecule has 0 aliphatic rings. The van der Waals surface area contributed by atoms with Crippen molar-refractivity contribution in [3.8, 4) is 0 Å². The topological polar surface area (TPSA) is 15.3 Å². The molecule has 0 aliphatic carbocycles. The number of hydrogen-bond donors (Lipinski definition) is 1. The molecule has 1 aromatic carbocycles. The maximum Gasteiger partial charge on any atom is 0.173 e. The monoisotopic (exact) mass is 360 g/mol. The van der Waals surface area contributed by atoms with E-state index in [1.165, 1.54) is 38.5 Å². The minimum atomic E-state index is 0.540. The molecular weight excluding hydrogens is 335 g/mol. The zero-order chi connectivity index (χ0) is 16.4. The van der Waals surface area contributed by atoms with Crippen molar-refractivity contribution in [2.24, 2.45) is 0 Å². The number of hydrogen-bond acceptors (Lipinski definition) is 1. The maximum atomic E-state index is 6.05. The lowest BCUT2D eigenvalue weighted by atomic mass is 10.2. The van der Waals surface area contributed by atoms with E-state index in [1.807, 2.05) is 12.1 Å². The molecule has 0 aromatic heterocycles. The van der Waals surface area contributed by atoms with Crippen molar-refractivity contribution in [1.29, 1.82) is 0 Å². The number of thiocarbonyl (C=S) groups is 1. The van der Waals surface area contributed by atoms with Crippen LogP contribution in [-0.2, 0) is 0 Å². The Balaban J connectivity index is 2.61. The first-order valence-corrected chi connectivity index (χ1v) is 9.25. The van der Waals surface area contributed by atoms with Gasteiger partial charge in [-0.05, 0) is 43.3 Å². The summed E-state index contributed by atoms with van der Waals surface area (Å²) >= 11 is 17.6. The van der Waals surface area contributed by atoms with Gasteiger partial charge < -0.3 is 10.2 Å². The van der Waals surface area contributed by atoms with Crippen LogP contribution < -0.4 is 5.32 Å². The van der Waals surface area contributed by atoms with Crippen LogP contribution >= 0.6 is 35.4 Å². The first-order chi connectivity index (χ1) is 10.6. The molecule has 0 aliphatic heterocycles. The SMILES string of the molecule is CCCCCN(CCCCC)C(=S)Nc1ccc(Cl)c(Cl)c1. The maximum absolute atomic E-state index is 6.05. The van der Waals surface area contributed by atoms with Crippen LogP contribution in [0.2, 0.25) is 10.0 Å². The third-order valence-corrected chi connectivity index (χ3v) is 4.62. The van der Waals surface area contributed by atoms with Gasteiger partial charge in [-0.3, -0.25) is 0 Å². The van der Waals surface area contributed by atoms with Gasteiger partial charge in [-0.2, -0.15) is 0 Å².